The average molecular weight is 251 g/mol. The van der Waals surface area contributed by atoms with Crippen molar-refractivity contribution < 1.29 is 5.11 Å². The molecule has 1 saturated carbocycles. The maximum absolute atomic E-state index is 9.80. The van der Waals surface area contributed by atoms with Gasteiger partial charge in [0.15, 0.2) is 0 Å². The number of nitrogens with zero attached hydrogens (tertiary/aromatic N) is 3. The number of rotatable bonds is 2. The SMILES string of the molecule is OC1C[C@H]2CC[C@@H](C1)N2c1nc(C2CC2)ns1. The molecule has 92 valence electrons. The Bertz CT molecular complexity index is 417. The molecule has 2 saturated heterocycles. The van der Waals surface area contributed by atoms with Crippen molar-refractivity contribution in [2.24, 2.45) is 0 Å². The number of hydrogen-bond donors (Lipinski definition) is 1. The second-order valence-electron chi connectivity index (χ2n) is 5.63. The number of aliphatic hydroxyl groups is 1. The maximum Gasteiger partial charge on any atom is 0.205 e. The largest absolute Gasteiger partial charge is 0.393 e. The van der Waals surface area contributed by atoms with Crippen molar-refractivity contribution in [1.82, 2.24) is 9.36 Å². The van der Waals surface area contributed by atoms with E-state index in [0.717, 1.165) is 23.8 Å². The van der Waals surface area contributed by atoms with E-state index in [1.54, 1.807) is 11.5 Å². The minimum absolute atomic E-state index is 0.0976. The standard InChI is InChI=1S/C12H17N3OS/c16-10-5-8-3-4-9(6-10)15(8)12-13-11(14-17-12)7-1-2-7/h7-10,16H,1-6H2/t8-,9+,10?. The maximum atomic E-state index is 9.80. The number of anilines is 1. The number of aliphatic hydroxyl groups excluding tert-OH is 1. The van der Waals surface area contributed by atoms with Crippen LogP contribution in [0.5, 0.6) is 0 Å². The van der Waals surface area contributed by atoms with Crippen molar-refractivity contribution in [3.05, 3.63) is 5.82 Å². The Morgan fingerprint density at radius 2 is 1.82 bits per heavy atom. The Morgan fingerprint density at radius 1 is 1.12 bits per heavy atom. The van der Waals surface area contributed by atoms with E-state index in [2.05, 4.69) is 9.27 Å². The molecule has 1 N–H and O–H groups in total. The van der Waals surface area contributed by atoms with E-state index >= 15 is 0 Å². The predicted molar refractivity (Wildman–Crippen MR) is 66.4 cm³/mol. The van der Waals surface area contributed by atoms with E-state index in [9.17, 15) is 5.11 Å². The van der Waals surface area contributed by atoms with Gasteiger partial charge in [-0.3, -0.25) is 0 Å². The molecular weight excluding hydrogens is 234 g/mol. The highest BCUT2D eigenvalue weighted by molar-refractivity contribution is 7.09. The lowest BCUT2D eigenvalue weighted by Gasteiger charge is -2.36. The van der Waals surface area contributed by atoms with Gasteiger partial charge in [0.1, 0.15) is 5.82 Å². The first-order valence-corrected chi connectivity index (χ1v) is 7.38. The van der Waals surface area contributed by atoms with Crippen LogP contribution in [0.15, 0.2) is 0 Å². The Balaban J connectivity index is 1.61. The molecule has 3 atom stereocenters. The van der Waals surface area contributed by atoms with Crippen LogP contribution < -0.4 is 4.90 Å². The Hall–Kier alpha value is -0.680. The van der Waals surface area contributed by atoms with Crippen LogP contribution in [-0.4, -0.2) is 32.7 Å². The van der Waals surface area contributed by atoms with Crippen molar-refractivity contribution >= 4 is 16.7 Å². The summed E-state index contributed by atoms with van der Waals surface area (Å²) in [7, 11) is 0. The van der Waals surface area contributed by atoms with Gasteiger partial charge in [0.05, 0.1) is 6.10 Å². The highest BCUT2D eigenvalue weighted by Crippen LogP contribution is 2.43. The van der Waals surface area contributed by atoms with Gasteiger partial charge in [0.2, 0.25) is 5.13 Å². The third-order valence-corrected chi connectivity index (χ3v) is 5.05. The van der Waals surface area contributed by atoms with Gasteiger partial charge in [-0.15, -0.1) is 0 Å². The summed E-state index contributed by atoms with van der Waals surface area (Å²) >= 11 is 1.56. The van der Waals surface area contributed by atoms with Crippen LogP contribution in [0.1, 0.15) is 50.3 Å². The van der Waals surface area contributed by atoms with Crippen molar-refractivity contribution in [1.29, 1.82) is 0 Å². The zero-order valence-corrected chi connectivity index (χ0v) is 10.6. The molecule has 2 aliphatic heterocycles. The topological polar surface area (TPSA) is 49.2 Å². The van der Waals surface area contributed by atoms with E-state index in [-0.39, 0.29) is 6.10 Å². The smallest absolute Gasteiger partial charge is 0.205 e. The minimum atomic E-state index is -0.0976. The molecule has 3 aliphatic rings. The van der Waals surface area contributed by atoms with Gasteiger partial charge >= 0.3 is 0 Å². The summed E-state index contributed by atoms with van der Waals surface area (Å²) in [5, 5.41) is 10.9. The predicted octanol–water partition coefficient (Wildman–Crippen LogP) is 1.91. The molecule has 1 aromatic rings. The molecule has 4 nitrogen and oxygen atoms in total. The van der Waals surface area contributed by atoms with Gasteiger partial charge in [-0.05, 0) is 38.5 Å². The van der Waals surface area contributed by atoms with Crippen LogP contribution in [0.25, 0.3) is 0 Å². The van der Waals surface area contributed by atoms with Gasteiger partial charge in [0.25, 0.3) is 0 Å². The summed E-state index contributed by atoms with van der Waals surface area (Å²) in [4.78, 5) is 7.15. The van der Waals surface area contributed by atoms with Crippen molar-refractivity contribution in [2.75, 3.05) is 4.90 Å². The molecule has 3 heterocycles. The first-order valence-electron chi connectivity index (χ1n) is 6.61. The summed E-state index contributed by atoms with van der Waals surface area (Å²) in [6, 6.07) is 1.01. The molecule has 17 heavy (non-hydrogen) atoms. The van der Waals surface area contributed by atoms with Crippen LogP contribution >= 0.6 is 11.5 Å². The van der Waals surface area contributed by atoms with E-state index in [4.69, 9.17) is 4.98 Å². The van der Waals surface area contributed by atoms with Gasteiger partial charge in [-0.25, -0.2) is 4.98 Å². The number of hydrogen-bond acceptors (Lipinski definition) is 5. The molecule has 0 radical (unpaired) electrons. The number of piperidine rings is 1. The van der Waals surface area contributed by atoms with Crippen LogP contribution in [0, 0.1) is 0 Å². The van der Waals surface area contributed by atoms with Gasteiger partial charge in [-0.2, -0.15) is 4.37 Å². The van der Waals surface area contributed by atoms with Crippen LogP contribution in [-0.2, 0) is 0 Å². The Labute approximate surface area is 105 Å². The molecule has 1 aliphatic carbocycles. The summed E-state index contributed by atoms with van der Waals surface area (Å²) < 4.78 is 4.50. The molecular formula is C12H17N3OS. The number of fused-ring (bicyclic) bond motifs is 2. The first kappa shape index (κ1) is 10.3. The van der Waals surface area contributed by atoms with E-state index in [1.165, 1.54) is 25.7 Å². The lowest BCUT2D eigenvalue weighted by atomic mass is 10.0. The lowest BCUT2D eigenvalue weighted by molar-refractivity contribution is 0.126. The highest BCUT2D eigenvalue weighted by Gasteiger charge is 2.42. The normalized spacial score (nSPS) is 36.5. The summed E-state index contributed by atoms with van der Waals surface area (Å²) in [5.41, 5.74) is 0. The molecule has 2 bridgehead atoms. The second-order valence-corrected chi connectivity index (χ2v) is 6.36. The molecule has 5 heteroatoms. The Morgan fingerprint density at radius 3 is 2.47 bits per heavy atom. The van der Waals surface area contributed by atoms with E-state index < -0.39 is 0 Å². The molecule has 4 rings (SSSR count). The summed E-state index contributed by atoms with van der Waals surface area (Å²) in [5.74, 6) is 1.71. The molecule has 1 aromatic heterocycles. The zero-order chi connectivity index (χ0) is 11.4. The quantitative estimate of drug-likeness (QED) is 0.872. The molecule has 0 spiro atoms. The fourth-order valence-corrected chi connectivity index (χ4v) is 4.19. The fourth-order valence-electron chi connectivity index (χ4n) is 3.30. The van der Waals surface area contributed by atoms with Crippen LogP contribution in [0.4, 0.5) is 5.13 Å². The molecule has 1 unspecified atom stereocenters. The highest BCUT2D eigenvalue weighted by atomic mass is 32.1. The Kier molecular flexibility index (Phi) is 2.21. The summed E-state index contributed by atoms with van der Waals surface area (Å²) in [6.07, 6.45) is 6.67. The molecule has 3 fully saturated rings. The molecule has 0 aromatic carbocycles. The van der Waals surface area contributed by atoms with Crippen molar-refractivity contribution in [3.8, 4) is 0 Å². The van der Waals surface area contributed by atoms with E-state index in [0.29, 0.717) is 18.0 Å². The van der Waals surface area contributed by atoms with Crippen LogP contribution in [0.2, 0.25) is 0 Å². The van der Waals surface area contributed by atoms with Gasteiger partial charge in [0, 0.05) is 29.5 Å². The average Bonchev–Trinajstić information content (AvgIpc) is 2.98. The number of aromatic nitrogens is 2. The third-order valence-electron chi connectivity index (χ3n) is 4.30. The molecule has 0 amide bonds. The second kappa shape index (κ2) is 3.65. The monoisotopic (exact) mass is 251 g/mol. The lowest BCUT2D eigenvalue weighted by Crippen LogP contribution is -2.44. The third kappa shape index (κ3) is 1.67. The van der Waals surface area contributed by atoms with Gasteiger partial charge < -0.3 is 10.0 Å². The van der Waals surface area contributed by atoms with Crippen molar-refractivity contribution in [3.63, 3.8) is 0 Å². The minimum Gasteiger partial charge on any atom is -0.393 e. The first-order chi connectivity index (χ1) is 8.31. The van der Waals surface area contributed by atoms with Gasteiger partial charge in [-0.1, -0.05) is 0 Å². The fraction of sp³-hybridized carbons (Fsp3) is 0.833. The summed E-state index contributed by atoms with van der Waals surface area (Å²) in [6.45, 7) is 0. The van der Waals surface area contributed by atoms with E-state index in [1.807, 2.05) is 0 Å². The zero-order valence-electron chi connectivity index (χ0n) is 9.75. The van der Waals surface area contributed by atoms with Crippen LogP contribution in [0.3, 0.4) is 0 Å². The van der Waals surface area contributed by atoms with Crippen molar-refractivity contribution in [2.45, 2.75) is 62.6 Å².